The van der Waals surface area contributed by atoms with E-state index in [0.717, 1.165) is 0 Å². The van der Waals surface area contributed by atoms with Crippen LogP contribution in [0.2, 0.25) is 0 Å². The van der Waals surface area contributed by atoms with Crippen molar-refractivity contribution in [3.05, 3.63) is 47.1 Å². The molecule has 0 fully saturated rings. The third-order valence-electron chi connectivity index (χ3n) is 3.11. The van der Waals surface area contributed by atoms with Crippen molar-refractivity contribution in [1.82, 2.24) is 19.5 Å². The molecule has 0 aliphatic carbocycles. The van der Waals surface area contributed by atoms with Crippen molar-refractivity contribution >= 4 is 17.0 Å². The SMILES string of the molecule is O=c1nc(NCCCO)c2[nH]cnc2n1-c1ccccc1. The van der Waals surface area contributed by atoms with Crippen LogP contribution in [0.1, 0.15) is 6.42 Å². The topological polar surface area (TPSA) is 95.8 Å². The van der Waals surface area contributed by atoms with Crippen LogP contribution in [0.3, 0.4) is 0 Å². The molecule has 0 aliphatic rings. The fraction of sp³-hybridized carbons (Fsp3) is 0.214. The lowest BCUT2D eigenvalue weighted by Gasteiger charge is -2.09. The van der Waals surface area contributed by atoms with Gasteiger partial charge in [-0.2, -0.15) is 4.98 Å². The van der Waals surface area contributed by atoms with Crippen LogP contribution >= 0.6 is 0 Å². The first-order chi connectivity index (χ1) is 10.3. The van der Waals surface area contributed by atoms with Gasteiger partial charge in [-0.1, -0.05) is 18.2 Å². The number of nitrogens with one attached hydrogen (secondary N) is 2. The van der Waals surface area contributed by atoms with Crippen molar-refractivity contribution in [1.29, 1.82) is 0 Å². The quantitative estimate of drug-likeness (QED) is 0.605. The molecule has 0 bridgehead atoms. The largest absolute Gasteiger partial charge is 0.396 e. The van der Waals surface area contributed by atoms with Crippen molar-refractivity contribution in [2.24, 2.45) is 0 Å². The van der Waals surface area contributed by atoms with Gasteiger partial charge in [0.25, 0.3) is 0 Å². The minimum absolute atomic E-state index is 0.0835. The highest BCUT2D eigenvalue weighted by molar-refractivity contribution is 5.83. The Hall–Kier alpha value is -2.67. The molecule has 2 heterocycles. The summed E-state index contributed by atoms with van der Waals surface area (Å²) in [6, 6.07) is 9.25. The number of nitrogens with zero attached hydrogens (tertiary/aromatic N) is 3. The van der Waals surface area contributed by atoms with Gasteiger partial charge in [-0.05, 0) is 18.6 Å². The van der Waals surface area contributed by atoms with Crippen LogP contribution in [0.25, 0.3) is 16.9 Å². The monoisotopic (exact) mass is 285 g/mol. The molecule has 3 N–H and O–H groups in total. The normalized spacial score (nSPS) is 10.9. The number of fused-ring (bicyclic) bond motifs is 1. The number of aliphatic hydroxyl groups excluding tert-OH is 1. The van der Waals surface area contributed by atoms with Gasteiger partial charge in [0.15, 0.2) is 11.5 Å². The summed E-state index contributed by atoms with van der Waals surface area (Å²) >= 11 is 0. The van der Waals surface area contributed by atoms with E-state index in [-0.39, 0.29) is 6.61 Å². The lowest BCUT2D eigenvalue weighted by molar-refractivity contribution is 0.292. The van der Waals surface area contributed by atoms with E-state index in [1.165, 1.54) is 10.9 Å². The molecule has 0 amide bonds. The molecule has 21 heavy (non-hydrogen) atoms. The van der Waals surface area contributed by atoms with Gasteiger partial charge < -0.3 is 15.4 Å². The highest BCUT2D eigenvalue weighted by Gasteiger charge is 2.13. The fourth-order valence-corrected chi connectivity index (χ4v) is 2.15. The molecular weight excluding hydrogens is 270 g/mol. The molecule has 2 aromatic heterocycles. The van der Waals surface area contributed by atoms with E-state index in [1.54, 1.807) is 0 Å². The number of aliphatic hydroxyl groups is 1. The first kappa shape index (κ1) is 13.3. The summed E-state index contributed by atoms with van der Waals surface area (Å²) in [5, 5.41) is 11.9. The standard InChI is InChI=1S/C14H15N5O2/c20-8-4-7-15-12-11-13(17-9-16-11)19(14(21)18-12)10-5-2-1-3-6-10/h1-3,5-6,9,20H,4,7-8H2,(H,16,17)(H,15,18,21). The van der Waals surface area contributed by atoms with E-state index in [0.29, 0.717) is 35.6 Å². The molecule has 0 unspecified atom stereocenters. The molecule has 0 saturated heterocycles. The Balaban J connectivity index is 2.12. The Morgan fingerprint density at radius 1 is 1.29 bits per heavy atom. The predicted molar refractivity (Wildman–Crippen MR) is 79.7 cm³/mol. The molecular formula is C14H15N5O2. The van der Waals surface area contributed by atoms with Gasteiger partial charge in [0.1, 0.15) is 5.52 Å². The van der Waals surface area contributed by atoms with Gasteiger partial charge in [-0.3, -0.25) is 0 Å². The number of rotatable bonds is 5. The summed E-state index contributed by atoms with van der Waals surface area (Å²) in [4.78, 5) is 23.6. The van der Waals surface area contributed by atoms with E-state index < -0.39 is 5.69 Å². The Morgan fingerprint density at radius 2 is 2.10 bits per heavy atom. The zero-order chi connectivity index (χ0) is 14.7. The summed E-state index contributed by atoms with van der Waals surface area (Å²) in [6.07, 6.45) is 2.11. The maximum atomic E-state index is 12.3. The number of hydrogen-bond donors (Lipinski definition) is 3. The molecule has 3 rings (SSSR count). The summed E-state index contributed by atoms with van der Waals surface area (Å²) < 4.78 is 1.46. The van der Waals surface area contributed by atoms with E-state index in [4.69, 9.17) is 5.11 Å². The number of aromatic amines is 1. The van der Waals surface area contributed by atoms with Crippen molar-refractivity contribution in [3.8, 4) is 5.69 Å². The first-order valence-electron chi connectivity index (χ1n) is 6.67. The van der Waals surface area contributed by atoms with Crippen molar-refractivity contribution in [2.75, 3.05) is 18.5 Å². The van der Waals surface area contributed by atoms with Gasteiger partial charge in [0.05, 0.1) is 12.0 Å². The molecule has 0 spiro atoms. The highest BCUT2D eigenvalue weighted by Crippen LogP contribution is 2.18. The average Bonchev–Trinajstić information content (AvgIpc) is 2.98. The second kappa shape index (κ2) is 5.76. The van der Waals surface area contributed by atoms with Crippen LogP contribution < -0.4 is 11.0 Å². The smallest absolute Gasteiger partial charge is 0.355 e. The summed E-state index contributed by atoms with van der Waals surface area (Å²) in [5.41, 5.74) is 1.50. The lowest BCUT2D eigenvalue weighted by Crippen LogP contribution is -2.24. The van der Waals surface area contributed by atoms with Crippen molar-refractivity contribution in [3.63, 3.8) is 0 Å². The molecule has 0 atom stereocenters. The molecule has 0 saturated carbocycles. The zero-order valence-electron chi connectivity index (χ0n) is 11.3. The van der Waals surface area contributed by atoms with Gasteiger partial charge in [-0.25, -0.2) is 14.3 Å². The average molecular weight is 285 g/mol. The molecule has 0 radical (unpaired) electrons. The number of imidazole rings is 1. The second-order valence-electron chi connectivity index (χ2n) is 4.52. The maximum absolute atomic E-state index is 12.3. The summed E-state index contributed by atoms with van der Waals surface area (Å²) in [6.45, 7) is 0.618. The molecule has 3 aromatic rings. The van der Waals surface area contributed by atoms with Crippen LogP contribution in [-0.4, -0.2) is 37.8 Å². The van der Waals surface area contributed by atoms with Crippen LogP contribution in [-0.2, 0) is 0 Å². The number of aromatic nitrogens is 4. The predicted octanol–water partition coefficient (Wildman–Crippen LogP) is 0.903. The molecule has 7 nitrogen and oxygen atoms in total. The highest BCUT2D eigenvalue weighted by atomic mass is 16.3. The van der Waals surface area contributed by atoms with Gasteiger partial charge in [0, 0.05) is 13.2 Å². The van der Waals surface area contributed by atoms with Crippen LogP contribution in [0.15, 0.2) is 41.5 Å². The van der Waals surface area contributed by atoms with Gasteiger partial charge >= 0.3 is 5.69 Å². The van der Waals surface area contributed by atoms with Crippen LogP contribution in [0.4, 0.5) is 5.82 Å². The third kappa shape index (κ3) is 2.50. The minimum atomic E-state index is -0.396. The maximum Gasteiger partial charge on any atom is 0.355 e. The van der Waals surface area contributed by atoms with Crippen LogP contribution in [0.5, 0.6) is 0 Å². The Morgan fingerprint density at radius 3 is 2.86 bits per heavy atom. The number of para-hydroxylation sites is 1. The molecule has 108 valence electrons. The number of benzene rings is 1. The van der Waals surface area contributed by atoms with E-state index in [1.807, 2.05) is 30.3 Å². The molecule has 1 aromatic carbocycles. The van der Waals surface area contributed by atoms with Crippen molar-refractivity contribution in [2.45, 2.75) is 6.42 Å². The lowest BCUT2D eigenvalue weighted by atomic mass is 10.3. The van der Waals surface area contributed by atoms with Crippen molar-refractivity contribution < 1.29 is 5.11 Å². The Bertz CT molecular complexity index is 794. The minimum Gasteiger partial charge on any atom is -0.396 e. The Kier molecular flexibility index (Phi) is 3.65. The molecule has 0 aliphatic heterocycles. The Labute approximate surface area is 120 Å². The van der Waals surface area contributed by atoms with E-state index in [2.05, 4.69) is 20.3 Å². The number of anilines is 1. The van der Waals surface area contributed by atoms with Gasteiger partial charge in [0.2, 0.25) is 0 Å². The first-order valence-corrected chi connectivity index (χ1v) is 6.67. The van der Waals surface area contributed by atoms with E-state index in [9.17, 15) is 4.79 Å². The zero-order valence-corrected chi connectivity index (χ0v) is 11.3. The molecule has 7 heteroatoms. The van der Waals surface area contributed by atoms with Crippen LogP contribution in [0, 0.1) is 0 Å². The van der Waals surface area contributed by atoms with Gasteiger partial charge in [-0.15, -0.1) is 0 Å². The summed E-state index contributed by atoms with van der Waals surface area (Å²) in [7, 11) is 0. The number of hydrogen-bond acceptors (Lipinski definition) is 5. The fourth-order valence-electron chi connectivity index (χ4n) is 2.15. The number of H-pyrrole nitrogens is 1. The second-order valence-corrected chi connectivity index (χ2v) is 4.52. The summed E-state index contributed by atoms with van der Waals surface area (Å²) in [5.74, 6) is 0.452. The van der Waals surface area contributed by atoms with E-state index >= 15 is 0 Å². The third-order valence-corrected chi connectivity index (χ3v) is 3.11.